The van der Waals surface area contributed by atoms with Gasteiger partial charge in [0.2, 0.25) is 0 Å². The highest BCUT2D eigenvalue weighted by atomic mass is 16.3. The number of benzene rings is 1. The Morgan fingerprint density at radius 1 is 1.18 bits per heavy atom. The predicted octanol–water partition coefficient (Wildman–Crippen LogP) is 3.51. The molecule has 17 heavy (non-hydrogen) atoms. The van der Waals surface area contributed by atoms with Gasteiger partial charge in [-0.1, -0.05) is 30.4 Å². The molecule has 0 aliphatic heterocycles. The van der Waals surface area contributed by atoms with Crippen molar-refractivity contribution in [2.75, 3.05) is 0 Å². The molecule has 2 aromatic rings. The van der Waals surface area contributed by atoms with E-state index in [1.807, 2.05) is 30.5 Å². The number of aliphatic hydroxyl groups is 1. The molecule has 2 N–H and O–H groups in total. The lowest BCUT2D eigenvalue weighted by atomic mass is 9.86. The van der Waals surface area contributed by atoms with Gasteiger partial charge in [0.15, 0.2) is 0 Å². The Hall–Kier alpha value is -1.80. The Morgan fingerprint density at radius 2 is 1.88 bits per heavy atom. The summed E-state index contributed by atoms with van der Waals surface area (Å²) in [4.78, 5) is 3.18. The van der Waals surface area contributed by atoms with E-state index in [0.717, 1.165) is 16.5 Å². The van der Waals surface area contributed by atoms with E-state index < -0.39 is 5.60 Å². The molecule has 0 bridgehead atoms. The number of fused-ring (bicyclic) bond motifs is 1. The first-order valence-electron chi connectivity index (χ1n) is 5.72. The number of hydrogen-bond donors (Lipinski definition) is 2. The summed E-state index contributed by atoms with van der Waals surface area (Å²) >= 11 is 0. The summed E-state index contributed by atoms with van der Waals surface area (Å²) in [5.74, 6) is 0. The van der Waals surface area contributed by atoms with Crippen molar-refractivity contribution in [3.8, 4) is 0 Å². The fourth-order valence-corrected chi connectivity index (χ4v) is 2.25. The highest BCUT2D eigenvalue weighted by Crippen LogP contribution is 2.34. The molecule has 0 unspecified atom stereocenters. The Morgan fingerprint density at radius 3 is 2.53 bits per heavy atom. The van der Waals surface area contributed by atoms with Crippen LogP contribution in [0, 0.1) is 0 Å². The zero-order valence-corrected chi connectivity index (χ0v) is 9.82. The number of rotatable bonds is 5. The van der Waals surface area contributed by atoms with Gasteiger partial charge in [-0.15, -0.1) is 13.2 Å². The second-order valence-corrected chi connectivity index (χ2v) is 4.26. The maximum absolute atomic E-state index is 10.7. The van der Waals surface area contributed by atoms with Crippen LogP contribution < -0.4 is 0 Å². The van der Waals surface area contributed by atoms with E-state index in [0.29, 0.717) is 12.8 Å². The highest BCUT2D eigenvalue weighted by molar-refractivity contribution is 5.83. The van der Waals surface area contributed by atoms with Crippen molar-refractivity contribution in [3.63, 3.8) is 0 Å². The van der Waals surface area contributed by atoms with Crippen LogP contribution >= 0.6 is 0 Å². The van der Waals surface area contributed by atoms with E-state index in [4.69, 9.17) is 0 Å². The molecule has 0 saturated carbocycles. The van der Waals surface area contributed by atoms with Crippen LogP contribution in [-0.4, -0.2) is 10.1 Å². The molecule has 1 heterocycles. The number of H-pyrrole nitrogens is 1. The predicted molar refractivity (Wildman–Crippen MR) is 71.8 cm³/mol. The summed E-state index contributed by atoms with van der Waals surface area (Å²) in [7, 11) is 0. The van der Waals surface area contributed by atoms with Gasteiger partial charge in [-0.3, -0.25) is 0 Å². The van der Waals surface area contributed by atoms with Crippen LogP contribution in [0.25, 0.3) is 10.9 Å². The van der Waals surface area contributed by atoms with E-state index in [2.05, 4.69) is 18.1 Å². The highest BCUT2D eigenvalue weighted by Gasteiger charge is 2.28. The van der Waals surface area contributed by atoms with Crippen LogP contribution in [0.2, 0.25) is 0 Å². The topological polar surface area (TPSA) is 36.0 Å². The van der Waals surface area contributed by atoms with Crippen molar-refractivity contribution >= 4 is 10.9 Å². The third kappa shape index (κ3) is 2.04. The molecule has 0 aliphatic rings. The Balaban J connectivity index is 2.58. The first-order valence-corrected chi connectivity index (χ1v) is 5.72. The lowest BCUT2D eigenvalue weighted by molar-refractivity contribution is 0.0443. The van der Waals surface area contributed by atoms with Gasteiger partial charge in [0.05, 0.1) is 11.1 Å². The van der Waals surface area contributed by atoms with Gasteiger partial charge in [-0.25, -0.2) is 0 Å². The minimum atomic E-state index is -0.923. The van der Waals surface area contributed by atoms with Crippen molar-refractivity contribution in [2.45, 2.75) is 18.4 Å². The van der Waals surface area contributed by atoms with E-state index in [1.165, 1.54) is 0 Å². The molecule has 0 amide bonds. The lowest BCUT2D eigenvalue weighted by Gasteiger charge is -2.26. The Labute approximate surface area is 101 Å². The van der Waals surface area contributed by atoms with E-state index in [-0.39, 0.29) is 0 Å². The van der Waals surface area contributed by atoms with Crippen molar-refractivity contribution in [2.24, 2.45) is 0 Å². The maximum atomic E-state index is 10.7. The summed E-state index contributed by atoms with van der Waals surface area (Å²) in [6.45, 7) is 7.43. The van der Waals surface area contributed by atoms with Gasteiger partial charge < -0.3 is 10.1 Å². The van der Waals surface area contributed by atoms with Crippen LogP contribution in [0.4, 0.5) is 0 Å². The first kappa shape index (κ1) is 11.7. The fraction of sp³-hybridized carbons (Fsp3) is 0.200. The SMILES string of the molecule is C=CCC(O)(CC=C)c1cccc2cc[nH]c12. The third-order valence-corrected chi connectivity index (χ3v) is 3.05. The summed E-state index contributed by atoms with van der Waals surface area (Å²) in [5.41, 5.74) is 0.965. The molecule has 88 valence electrons. The van der Waals surface area contributed by atoms with Crippen LogP contribution in [0.15, 0.2) is 55.8 Å². The molecule has 1 aromatic heterocycles. The number of para-hydroxylation sites is 1. The van der Waals surface area contributed by atoms with Crippen LogP contribution in [-0.2, 0) is 5.60 Å². The van der Waals surface area contributed by atoms with E-state index >= 15 is 0 Å². The van der Waals surface area contributed by atoms with Crippen LogP contribution in [0.1, 0.15) is 18.4 Å². The molecule has 2 heteroatoms. The smallest absolute Gasteiger partial charge is 0.0984 e. The largest absolute Gasteiger partial charge is 0.384 e. The normalized spacial score (nSPS) is 11.6. The van der Waals surface area contributed by atoms with Gasteiger partial charge in [0.1, 0.15) is 0 Å². The average molecular weight is 227 g/mol. The molecule has 0 radical (unpaired) electrons. The maximum Gasteiger partial charge on any atom is 0.0984 e. The lowest BCUT2D eigenvalue weighted by Crippen LogP contribution is -2.24. The quantitative estimate of drug-likeness (QED) is 0.753. The van der Waals surface area contributed by atoms with Crippen molar-refractivity contribution in [3.05, 3.63) is 61.3 Å². The molecular formula is C15H17NO. The van der Waals surface area contributed by atoms with E-state index in [9.17, 15) is 5.11 Å². The van der Waals surface area contributed by atoms with Crippen molar-refractivity contribution in [1.82, 2.24) is 4.98 Å². The van der Waals surface area contributed by atoms with Gasteiger partial charge in [0.25, 0.3) is 0 Å². The Kier molecular flexibility index (Phi) is 3.16. The fourth-order valence-electron chi connectivity index (χ4n) is 2.25. The molecular weight excluding hydrogens is 210 g/mol. The standard InChI is InChI=1S/C15H17NO/c1-3-9-15(17,10-4-2)13-7-5-6-12-8-11-16-14(12)13/h3-8,11,16-17H,1-2,9-10H2. The van der Waals surface area contributed by atoms with Crippen LogP contribution in [0.5, 0.6) is 0 Å². The number of hydrogen-bond acceptors (Lipinski definition) is 1. The molecule has 1 aromatic carbocycles. The van der Waals surface area contributed by atoms with Crippen molar-refractivity contribution < 1.29 is 5.11 Å². The van der Waals surface area contributed by atoms with Gasteiger partial charge in [-0.05, 0) is 24.3 Å². The molecule has 0 fully saturated rings. The molecule has 0 atom stereocenters. The summed E-state index contributed by atoms with van der Waals surface area (Å²) < 4.78 is 0. The summed E-state index contributed by atoms with van der Waals surface area (Å²) in [6, 6.07) is 7.94. The minimum absolute atomic E-state index is 0.511. The third-order valence-electron chi connectivity index (χ3n) is 3.05. The summed E-state index contributed by atoms with van der Waals surface area (Å²) in [5, 5.41) is 11.8. The second kappa shape index (κ2) is 4.60. The number of aromatic nitrogens is 1. The molecule has 0 saturated heterocycles. The minimum Gasteiger partial charge on any atom is -0.384 e. The average Bonchev–Trinajstić information content (AvgIpc) is 2.77. The van der Waals surface area contributed by atoms with Gasteiger partial charge in [0, 0.05) is 11.8 Å². The van der Waals surface area contributed by atoms with Crippen molar-refractivity contribution in [1.29, 1.82) is 0 Å². The number of aromatic amines is 1. The van der Waals surface area contributed by atoms with Crippen LogP contribution in [0.3, 0.4) is 0 Å². The monoisotopic (exact) mass is 227 g/mol. The van der Waals surface area contributed by atoms with Gasteiger partial charge in [-0.2, -0.15) is 0 Å². The summed E-state index contributed by atoms with van der Waals surface area (Å²) in [6.07, 6.45) is 6.39. The first-order chi connectivity index (χ1) is 8.21. The zero-order chi connectivity index (χ0) is 12.3. The van der Waals surface area contributed by atoms with Gasteiger partial charge >= 0.3 is 0 Å². The second-order valence-electron chi connectivity index (χ2n) is 4.26. The Bertz CT molecular complexity index is 529. The molecule has 0 spiro atoms. The zero-order valence-electron chi connectivity index (χ0n) is 9.82. The number of nitrogens with one attached hydrogen (secondary N) is 1. The van der Waals surface area contributed by atoms with E-state index in [1.54, 1.807) is 12.2 Å². The molecule has 2 rings (SSSR count). The molecule has 2 nitrogen and oxygen atoms in total. The molecule has 0 aliphatic carbocycles.